The third kappa shape index (κ3) is 6.16. The molecule has 8 heteroatoms. The van der Waals surface area contributed by atoms with E-state index in [-0.39, 0.29) is 17.9 Å². The van der Waals surface area contributed by atoms with Gasteiger partial charge in [0.1, 0.15) is 5.82 Å². The van der Waals surface area contributed by atoms with E-state index in [0.717, 1.165) is 86.6 Å². The molecule has 196 valence electrons. The molecule has 0 radical (unpaired) electrons. The van der Waals surface area contributed by atoms with Gasteiger partial charge in [0.05, 0.1) is 17.1 Å². The van der Waals surface area contributed by atoms with Gasteiger partial charge in [-0.1, -0.05) is 24.4 Å². The van der Waals surface area contributed by atoms with Crippen LogP contribution in [-0.2, 0) is 0 Å². The van der Waals surface area contributed by atoms with E-state index in [1.807, 2.05) is 36.1 Å². The highest BCUT2D eigenvalue weighted by molar-refractivity contribution is 6.31. The monoisotopic (exact) mass is 521 g/mol. The van der Waals surface area contributed by atoms with E-state index in [1.54, 1.807) is 12.1 Å². The lowest BCUT2D eigenvalue weighted by atomic mass is 9.91. The van der Waals surface area contributed by atoms with Gasteiger partial charge < -0.3 is 20.5 Å². The number of benzene rings is 2. The molecule has 3 aromatic rings. The maximum absolute atomic E-state index is 13.4. The number of amides is 2. The second-order valence-corrected chi connectivity index (χ2v) is 10.9. The molecule has 3 heterocycles. The first-order chi connectivity index (χ1) is 18.0. The molecule has 0 aliphatic carbocycles. The topological polar surface area (TPSA) is 90.1 Å². The van der Waals surface area contributed by atoms with Crippen molar-refractivity contribution in [3.63, 3.8) is 0 Å². The number of hydrogen-bond acceptors (Lipinski definition) is 4. The fourth-order valence-electron chi connectivity index (χ4n) is 5.60. The minimum atomic E-state index is -0.244. The number of hydrogen-bond donors (Lipinski definition) is 3. The lowest BCUT2D eigenvalue weighted by Crippen LogP contribution is -2.31. The Morgan fingerprint density at radius 3 is 2.68 bits per heavy atom. The number of aromatic nitrogens is 2. The highest BCUT2D eigenvalue weighted by Crippen LogP contribution is 2.26. The van der Waals surface area contributed by atoms with Crippen molar-refractivity contribution in [1.29, 1.82) is 0 Å². The first-order valence-electron chi connectivity index (χ1n) is 13.5. The number of imidazole rings is 1. The number of fused-ring (bicyclic) bond motifs is 1. The Labute approximate surface area is 223 Å². The van der Waals surface area contributed by atoms with E-state index in [4.69, 9.17) is 16.6 Å². The van der Waals surface area contributed by atoms with Crippen molar-refractivity contribution < 1.29 is 9.59 Å². The Bertz CT molecular complexity index is 1260. The fourth-order valence-corrected chi connectivity index (χ4v) is 5.77. The third-order valence-electron chi connectivity index (χ3n) is 7.77. The number of carbonyl (C=O) groups is 2. The molecule has 2 aliphatic heterocycles. The zero-order chi connectivity index (χ0) is 25.8. The molecule has 2 aliphatic rings. The molecule has 2 aromatic carbocycles. The summed E-state index contributed by atoms with van der Waals surface area (Å²) in [5.41, 5.74) is 3.74. The number of nitrogens with one attached hydrogen (secondary N) is 3. The van der Waals surface area contributed by atoms with E-state index in [9.17, 15) is 9.59 Å². The Hall–Kier alpha value is -2.90. The Kier molecular flexibility index (Phi) is 8.11. The van der Waals surface area contributed by atoms with Gasteiger partial charge in [-0.2, -0.15) is 0 Å². The number of rotatable bonds is 8. The molecule has 1 aromatic heterocycles. The Balaban J connectivity index is 1.31. The number of nitrogens with zero attached hydrogens (tertiary/aromatic N) is 2. The van der Waals surface area contributed by atoms with Gasteiger partial charge in [-0.25, -0.2) is 4.98 Å². The average molecular weight is 522 g/mol. The van der Waals surface area contributed by atoms with Crippen LogP contribution in [0, 0.1) is 12.8 Å². The molecule has 2 amide bonds. The lowest BCUT2D eigenvalue weighted by molar-refractivity contribution is 0.0791. The summed E-state index contributed by atoms with van der Waals surface area (Å²) in [5.74, 6) is 1.37. The highest BCUT2D eigenvalue weighted by Gasteiger charge is 2.24. The molecule has 5 rings (SSSR count). The summed E-state index contributed by atoms with van der Waals surface area (Å²) in [6, 6.07) is 10.7. The summed E-state index contributed by atoms with van der Waals surface area (Å²) >= 11 is 6.18. The summed E-state index contributed by atoms with van der Waals surface area (Å²) in [5, 5.41) is 7.30. The van der Waals surface area contributed by atoms with Gasteiger partial charge in [0, 0.05) is 29.2 Å². The quantitative estimate of drug-likeness (QED) is 0.370. The number of carbonyl (C=O) groups excluding carboxylic acids is 2. The van der Waals surface area contributed by atoms with Crippen LogP contribution < -0.4 is 10.6 Å². The van der Waals surface area contributed by atoms with E-state index < -0.39 is 0 Å². The van der Waals surface area contributed by atoms with Crippen molar-refractivity contribution >= 4 is 34.4 Å². The van der Waals surface area contributed by atoms with Crippen molar-refractivity contribution in [2.45, 2.75) is 57.9 Å². The SMILES string of the molecule is Cc1cc(C(=O)NC(CCCC2CCNCC2)c2nc3ccc(Cl)cc3[nH]2)ccc1C(=O)N1CCCC1. The molecule has 1 atom stereocenters. The second-order valence-electron chi connectivity index (χ2n) is 10.5. The summed E-state index contributed by atoms with van der Waals surface area (Å²) in [7, 11) is 0. The van der Waals surface area contributed by atoms with E-state index >= 15 is 0 Å². The van der Waals surface area contributed by atoms with Crippen LogP contribution in [0.3, 0.4) is 0 Å². The van der Waals surface area contributed by atoms with Crippen molar-refractivity contribution in [2.75, 3.05) is 26.2 Å². The van der Waals surface area contributed by atoms with Gasteiger partial charge in [-0.05, 0) is 100.0 Å². The van der Waals surface area contributed by atoms with Crippen LogP contribution in [0.15, 0.2) is 36.4 Å². The molecular weight excluding hydrogens is 486 g/mol. The largest absolute Gasteiger partial charge is 0.342 e. The molecule has 3 N–H and O–H groups in total. The molecule has 2 saturated heterocycles. The van der Waals surface area contributed by atoms with Crippen molar-refractivity contribution in [3.05, 3.63) is 63.9 Å². The van der Waals surface area contributed by atoms with E-state index in [0.29, 0.717) is 16.1 Å². The maximum atomic E-state index is 13.4. The Morgan fingerprint density at radius 1 is 1.14 bits per heavy atom. The zero-order valence-electron chi connectivity index (χ0n) is 21.5. The van der Waals surface area contributed by atoms with Gasteiger partial charge >= 0.3 is 0 Å². The van der Waals surface area contributed by atoms with Gasteiger partial charge in [0.15, 0.2) is 0 Å². The molecule has 0 saturated carbocycles. The molecule has 0 spiro atoms. The predicted molar refractivity (Wildman–Crippen MR) is 147 cm³/mol. The van der Waals surface area contributed by atoms with Crippen LogP contribution in [0.5, 0.6) is 0 Å². The molecule has 7 nitrogen and oxygen atoms in total. The second kappa shape index (κ2) is 11.7. The lowest BCUT2D eigenvalue weighted by Gasteiger charge is -2.23. The maximum Gasteiger partial charge on any atom is 0.254 e. The number of halogens is 1. The zero-order valence-corrected chi connectivity index (χ0v) is 22.2. The first-order valence-corrected chi connectivity index (χ1v) is 13.9. The van der Waals surface area contributed by atoms with Gasteiger partial charge in [0.25, 0.3) is 11.8 Å². The third-order valence-corrected chi connectivity index (χ3v) is 8.01. The normalized spacial score (nSPS) is 17.3. The summed E-state index contributed by atoms with van der Waals surface area (Å²) in [6.07, 6.45) is 7.48. The number of aromatic amines is 1. The van der Waals surface area contributed by atoms with Crippen LogP contribution in [0.1, 0.15) is 83.1 Å². The van der Waals surface area contributed by atoms with Crippen molar-refractivity contribution in [1.82, 2.24) is 25.5 Å². The Morgan fingerprint density at radius 2 is 1.92 bits per heavy atom. The molecule has 37 heavy (non-hydrogen) atoms. The van der Waals surface area contributed by atoms with Crippen LogP contribution in [-0.4, -0.2) is 52.9 Å². The van der Waals surface area contributed by atoms with Crippen LogP contribution in [0.2, 0.25) is 5.02 Å². The first kappa shape index (κ1) is 25.7. The number of aryl methyl sites for hydroxylation is 1. The number of likely N-dealkylation sites (tertiary alicyclic amines) is 1. The average Bonchev–Trinajstić information content (AvgIpc) is 3.58. The van der Waals surface area contributed by atoms with Crippen molar-refractivity contribution in [3.8, 4) is 0 Å². The highest BCUT2D eigenvalue weighted by atomic mass is 35.5. The van der Waals surface area contributed by atoms with Crippen LogP contribution in [0.25, 0.3) is 11.0 Å². The van der Waals surface area contributed by atoms with Gasteiger partial charge in [-0.3, -0.25) is 9.59 Å². The smallest absolute Gasteiger partial charge is 0.254 e. The minimum absolute atomic E-state index is 0.0543. The van der Waals surface area contributed by atoms with E-state index in [2.05, 4.69) is 15.6 Å². The fraction of sp³-hybridized carbons (Fsp3) is 0.483. The summed E-state index contributed by atoms with van der Waals surface area (Å²) in [4.78, 5) is 36.3. The summed E-state index contributed by atoms with van der Waals surface area (Å²) in [6.45, 7) is 5.69. The predicted octanol–water partition coefficient (Wildman–Crippen LogP) is 5.40. The number of piperidine rings is 1. The molecule has 1 unspecified atom stereocenters. The number of H-pyrrole nitrogens is 1. The van der Waals surface area contributed by atoms with Crippen LogP contribution >= 0.6 is 11.6 Å². The summed E-state index contributed by atoms with van der Waals surface area (Å²) < 4.78 is 0. The molecule has 0 bridgehead atoms. The minimum Gasteiger partial charge on any atom is -0.342 e. The van der Waals surface area contributed by atoms with Gasteiger partial charge in [0.2, 0.25) is 0 Å². The van der Waals surface area contributed by atoms with Crippen LogP contribution in [0.4, 0.5) is 0 Å². The van der Waals surface area contributed by atoms with Crippen molar-refractivity contribution in [2.24, 2.45) is 5.92 Å². The molecular formula is C29H36ClN5O2. The molecule has 2 fully saturated rings. The standard InChI is InChI=1S/C29H36ClN5O2/c1-19-17-21(7-9-23(19)29(37)35-15-2-3-16-35)28(36)34-25(6-4-5-20-11-13-31-14-12-20)27-32-24-10-8-22(30)18-26(24)33-27/h7-10,17-18,20,25,31H,2-6,11-16H2,1H3,(H,32,33)(H,34,36). The van der Waals surface area contributed by atoms with Gasteiger partial charge in [-0.15, -0.1) is 0 Å². The van der Waals surface area contributed by atoms with E-state index in [1.165, 1.54) is 12.8 Å².